The number of carbonyl (C=O) groups is 2. The second-order valence-corrected chi connectivity index (χ2v) is 4.04. The van der Waals surface area contributed by atoms with E-state index in [2.05, 4.69) is 0 Å². The fourth-order valence-corrected chi connectivity index (χ4v) is 1.59. The average Bonchev–Trinajstić information content (AvgIpc) is 2.35. The highest BCUT2D eigenvalue weighted by Crippen LogP contribution is 2.16. The molecule has 0 aromatic heterocycles. The Balaban J connectivity index is 2.60. The maximum atomic E-state index is 12.0. The second kappa shape index (κ2) is 6.03. The summed E-state index contributed by atoms with van der Waals surface area (Å²) in [6, 6.07) is 9.46. The quantitative estimate of drug-likeness (QED) is 0.845. The molecule has 0 saturated carbocycles. The lowest BCUT2D eigenvalue weighted by atomic mass is 10.00. The van der Waals surface area contributed by atoms with E-state index in [9.17, 15) is 9.59 Å². The van der Waals surface area contributed by atoms with E-state index in [1.165, 1.54) is 4.90 Å². The molecule has 0 aliphatic rings. The Morgan fingerprint density at radius 1 is 1.29 bits per heavy atom. The van der Waals surface area contributed by atoms with Crippen molar-refractivity contribution in [3.63, 3.8) is 0 Å². The normalized spacial score (nSPS) is 11.9. The molecule has 92 valence electrons. The molecule has 1 N–H and O–H groups in total. The van der Waals surface area contributed by atoms with Crippen LogP contribution in [0.1, 0.15) is 24.8 Å². The van der Waals surface area contributed by atoms with E-state index in [0.29, 0.717) is 0 Å². The molecule has 1 amide bonds. The zero-order chi connectivity index (χ0) is 12.8. The predicted octanol–water partition coefficient (Wildman–Crippen LogP) is 1.72. The summed E-state index contributed by atoms with van der Waals surface area (Å²) in [5.41, 5.74) is 0.944. The molecular weight excluding hydrogens is 218 g/mol. The molecule has 1 atom stereocenters. The highest BCUT2D eigenvalue weighted by Gasteiger charge is 2.19. The molecule has 17 heavy (non-hydrogen) atoms. The smallest absolute Gasteiger partial charge is 0.305 e. The summed E-state index contributed by atoms with van der Waals surface area (Å²) >= 11 is 0. The number of likely N-dealkylation sites (N-methyl/N-ethyl adjacent to an activating group) is 1. The lowest BCUT2D eigenvalue weighted by Crippen LogP contribution is -2.32. The number of rotatable bonds is 5. The van der Waals surface area contributed by atoms with Gasteiger partial charge in [-0.2, -0.15) is 0 Å². The van der Waals surface area contributed by atoms with Crippen LogP contribution in [-0.2, 0) is 9.59 Å². The molecule has 0 fully saturated rings. The van der Waals surface area contributed by atoms with E-state index in [0.717, 1.165) is 5.56 Å². The molecule has 0 radical (unpaired) electrons. The van der Waals surface area contributed by atoms with Crippen LogP contribution in [0.25, 0.3) is 0 Å². The lowest BCUT2D eigenvalue weighted by molar-refractivity contribution is -0.138. The Labute approximate surface area is 101 Å². The van der Waals surface area contributed by atoms with E-state index in [4.69, 9.17) is 5.11 Å². The molecule has 0 saturated heterocycles. The Hall–Kier alpha value is -1.84. The third-order valence-corrected chi connectivity index (χ3v) is 2.71. The van der Waals surface area contributed by atoms with Crippen LogP contribution in [0.3, 0.4) is 0 Å². The third kappa shape index (κ3) is 3.90. The first kappa shape index (κ1) is 13.2. The van der Waals surface area contributed by atoms with Crippen molar-refractivity contribution in [2.45, 2.75) is 19.3 Å². The monoisotopic (exact) mass is 235 g/mol. The molecular formula is C13H17NO3. The van der Waals surface area contributed by atoms with Crippen molar-refractivity contribution < 1.29 is 14.7 Å². The molecule has 0 spiro atoms. The summed E-state index contributed by atoms with van der Waals surface area (Å²) in [4.78, 5) is 23.9. The topological polar surface area (TPSA) is 57.6 Å². The van der Waals surface area contributed by atoms with Crippen LogP contribution in [0, 0.1) is 0 Å². The van der Waals surface area contributed by atoms with Gasteiger partial charge in [-0.3, -0.25) is 9.59 Å². The van der Waals surface area contributed by atoms with Gasteiger partial charge in [0.25, 0.3) is 0 Å². The Morgan fingerprint density at radius 2 is 1.88 bits per heavy atom. The summed E-state index contributed by atoms with van der Waals surface area (Å²) in [5.74, 6) is -1.19. The van der Waals surface area contributed by atoms with Crippen molar-refractivity contribution in [2.75, 3.05) is 13.6 Å². The number of carboxylic acids is 1. The Bertz CT molecular complexity index is 389. The van der Waals surface area contributed by atoms with Gasteiger partial charge in [-0.1, -0.05) is 30.3 Å². The second-order valence-electron chi connectivity index (χ2n) is 4.04. The van der Waals surface area contributed by atoms with Gasteiger partial charge in [-0.25, -0.2) is 0 Å². The van der Waals surface area contributed by atoms with Crippen LogP contribution in [0.15, 0.2) is 30.3 Å². The van der Waals surface area contributed by atoms with Crippen molar-refractivity contribution in [3.05, 3.63) is 35.9 Å². The first-order valence-corrected chi connectivity index (χ1v) is 5.54. The summed E-state index contributed by atoms with van der Waals surface area (Å²) < 4.78 is 0. The molecule has 4 heteroatoms. The van der Waals surface area contributed by atoms with Crippen LogP contribution in [0.4, 0.5) is 0 Å². The molecule has 0 heterocycles. The highest BCUT2D eigenvalue weighted by atomic mass is 16.4. The number of amides is 1. The molecule has 1 aromatic rings. The fraction of sp³-hybridized carbons (Fsp3) is 0.385. The lowest BCUT2D eigenvalue weighted by Gasteiger charge is -2.20. The first-order chi connectivity index (χ1) is 8.02. The minimum atomic E-state index is -0.892. The van der Waals surface area contributed by atoms with Gasteiger partial charge in [0.15, 0.2) is 0 Å². The van der Waals surface area contributed by atoms with Crippen LogP contribution in [-0.4, -0.2) is 35.5 Å². The maximum Gasteiger partial charge on any atom is 0.305 e. The Kier molecular flexibility index (Phi) is 4.69. The minimum absolute atomic E-state index is 0.0241. The van der Waals surface area contributed by atoms with Gasteiger partial charge in [0.1, 0.15) is 0 Å². The largest absolute Gasteiger partial charge is 0.481 e. The molecule has 0 aliphatic heterocycles. The zero-order valence-corrected chi connectivity index (χ0v) is 10.1. The minimum Gasteiger partial charge on any atom is -0.481 e. The van der Waals surface area contributed by atoms with E-state index in [1.54, 1.807) is 7.05 Å². The first-order valence-electron chi connectivity index (χ1n) is 5.54. The standard InChI is InChI=1S/C13H17NO3/c1-10(11-6-4-3-5-7-11)13(17)14(2)9-8-12(15)16/h3-7,10H,8-9H2,1-2H3,(H,15,16)/t10-/m1/s1. The number of carboxylic acid groups (broad SMARTS) is 1. The summed E-state index contributed by atoms with van der Waals surface area (Å²) in [5, 5.41) is 8.56. The highest BCUT2D eigenvalue weighted by molar-refractivity contribution is 5.83. The summed E-state index contributed by atoms with van der Waals surface area (Å²) in [6.07, 6.45) is -0.0241. The summed E-state index contributed by atoms with van der Waals surface area (Å²) in [6.45, 7) is 2.07. The van der Waals surface area contributed by atoms with Gasteiger partial charge in [0.2, 0.25) is 5.91 Å². The molecule has 1 rings (SSSR count). The fourth-order valence-electron chi connectivity index (χ4n) is 1.59. The molecule has 0 unspecified atom stereocenters. The Morgan fingerprint density at radius 3 is 2.41 bits per heavy atom. The summed E-state index contributed by atoms with van der Waals surface area (Å²) in [7, 11) is 1.63. The van der Waals surface area contributed by atoms with Crippen LogP contribution >= 0.6 is 0 Å². The number of nitrogens with zero attached hydrogens (tertiary/aromatic N) is 1. The maximum absolute atomic E-state index is 12.0. The third-order valence-electron chi connectivity index (χ3n) is 2.71. The molecule has 0 aliphatic carbocycles. The van der Waals surface area contributed by atoms with E-state index in [-0.39, 0.29) is 24.8 Å². The van der Waals surface area contributed by atoms with Crippen molar-refractivity contribution in [1.29, 1.82) is 0 Å². The average molecular weight is 235 g/mol. The molecule has 4 nitrogen and oxygen atoms in total. The number of benzene rings is 1. The van der Waals surface area contributed by atoms with Crippen LogP contribution in [0.5, 0.6) is 0 Å². The van der Waals surface area contributed by atoms with Gasteiger partial charge >= 0.3 is 5.97 Å². The number of hydrogen-bond donors (Lipinski definition) is 1. The van der Waals surface area contributed by atoms with Crippen molar-refractivity contribution in [1.82, 2.24) is 4.90 Å². The van der Waals surface area contributed by atoms with Gasteiger partial charge in [-0.05, 0) is 12.5 Å². The van der Waals surface area contributed by atoms with Gasteiger partial charge < -0.3 is 10.0 Å². The number of carbonyl (C=O) groups excluding carboxylic acids is 1. The van der Waals surface area contributed by atoms with E-state index in [1.807, 2.05) is 37.3 Å². The van der Waals surface area contributed by atoms with Crippen molar-refractivity contribution in [2.24, 2.45) is 0 Å². The predicted molar refractivity (Wildman–Crippen MR) is 64.7 cm³/mol. The number of hydrogen-bond acceptors (Lipinski definition) is 2. The van der Waals surface area contributed by atoms with Crippen molar-refractivity contribution >= 4 is 11.9 Å². The van der Waals surface area contributed by atoms with Gasteiger partial charge in [0, 0.05) is 13.6 Å². The zero-order valence-electron chi connectivity index (χ0n) is 10.1. The van der Waals surface area contributed by atoms with Gasteiger partial charge in [0.05, 0.1) is 12.3 Å². The van der Waals surface area contributed by atoms with Gasteiger partial charge in [-0.15, -0.1) is 0 Å². The van der Waals surface area contributed by atoms with E-state index >= 15 is 0 Å². The van der Waals surface area contributed by atoms with E-state index < -0.39 is 5.97 Å². The van der Waals surface area contributed by atoms with Crippen molar-refractivity contribution in [3.8, 4) is 0 Å². The SMILES string of the molecule is C[C@@H](C(=O)N(C)CCC(=O)O)c1ccccc1. The molecule has 1 aromatic carbocycles. The van der Waals surface area contributed by atoms with Crippen LogP contribution in [0.2, 0.25) is 0 Å². The number of aliphatic carboxylic acids is 1. The molecule has 0 bridgehead atoms. The van der Waals surface area contributed by atoms with Crippen LogP contribution < -0.4 is 0 Å².